The molecule has 2 aromatic rings. The predicted molar refractivity (Wildman–Crippen MR) is 94.0 cm³/mol. The Labute approximate surface area is 145 Å². The number of benzene rings is 2. The molecule has 126 valence electrons. The lowest BCUT2D eigenvalue weighted by Gasteiger charge is -2.14. The smallest absolute Gasteiger partial charge is 0.313 e. The van der Waals surface area contributed by atoms with Crippen molar-refractivity contribution < 1.29 is 14.7 Å². The average molecular weight is 347 g/mol. The molecule has 0 unspecified atom stereocenters. The van der Waals surface area contributed by atoms with Crippen LogP contribution in [0.5, 0.6) is 0 Å². The summed E-state index contributed by atoms with van der Waals surface area (Å²) in [5.74, 6) is -1.60. The SMILES string of the molecule is Cc1cccc(NC(=O)C(=O)NC[C@@H](O)c2ccccc2Cl)c1C. The molecule has 0 spiro atoms. The van der Waals surface area contributed by atoms with E-state index in [1.54, 1.807) is 36.4 Å². The first kappa shape index (κ1) is 18.0. The molecule has 0 saturated carbocycles. The molecule has 24 heavy (non-hydrogen) atoms. The number of aliphatic hydroxyl groups is 1. The van der Waals surface area contributed by atoms with Gasteiger partial charge in [-0.1, -0.05) is 41.9 Å². The van der Waals surface area contributed by atoms with Crippen molar-refractivity contribution >= 4 is 29.1 Å². The van der Waals surface area contributed by atoms with E-state index in [1.165, 1.54) is 0 Å². The molecule has 6 heteroatoms. The fourth-order valence-corrected chi connectivity index (χ4v) is 2.45. The maximum atomic E-state index is 12.0. The van der Waals surface area contributed by atoms with Crippen molar-refractivity contribution in [1.82, 2.24) is 5.32 Å². The summed E-state index contributed by atoms with van der Waals surface area (Å²) in [4.78, 5) is 23.9. The number of carbonyl (C=O) groups is 2. The van der Waals surface area contributed by atoms with Crippen molar-refractivity contribution in [2.45, 2.75) is 20.0 Å². The first-order valence-electron chi connectivity index (χ1n) is 7.48. The van der Waals surface area contributed by atoms with Crippen molar-refractivity contribution in [2.75, 3.05) is 11.9 Å². The first-order chi connectivity index (χ1) is 11.4. The molecule has 0 radical (unpaired) electrons. The quantitative estimate of drug-likeness (QED) is 0.745. The van der Waals surface area contributed by atoms with Crippen molar-refractivity contribution in [3.63, 3.8) is 0 Å². The molecule has 0 fully saturated rings. The number of aryl methyl sites for hydroxylation is 1. The lowest BCUT2D eigenvalue weighted by molar-refractivity contribution is -0.136. The van der Waals surface area contributed by atoms with Gasteiger partial charge in [-0.15, -0.1) is 0 Å². The van der Waals surface area contributed by atoms with Crippen LogP contribution in [-0.2, 0) is 9.59 Å². The molecule has 2 rings (SSSR count). The van der Waals surface area contributed by atoms with Gasteiger partial charge in [0, 0.05) is 22.8 Å². The maximum absolute atomic E-state index is 12.0. The number of aliphatic hydroxyl groups excluding tert-OH is 1. The van der Waals surface area contributed by atoms with Crippen LogP contribution in [0.4, 0.5) is 5.69 Å². The highest BCUT2D eigenvalue weighted by Gasteiger charge is 2.17. The molecule has 2 amide bonds. The highest BCUT2D eigenvalue weighted by atomic mass is 35.5. The number of hydrogen-bond donors (Lipinski definition) is 3. The van der Waals surface area contributed by atoms with Gasteiger partial charge in [-0.05, 0) is 37.1 Å². The van der Waals surface area contributed by atoms with E-state index in [0.29, 0.717) is 16.3 Å². The van der Waals surface area contributed by atoms with Gasteiger partial charge in [0.25, 0.3) is 0 Å². The van der Waals surface area contributed by atoms with Gasteiger partial charge in [-0.25, -0.2) is 0 Å². The average Bonchev–Trinajstić information content (AvgIpc) is 2.56. The topological polar surface area (TPSA) is 78.4 Å². The number of nitrogens with one attached hydrogen (secondary N) is 2. The van der Waals surface area contributed by atoms with E-state index >= 15 is 0 Å². The Hall–Kier alpha value is -2.37. The van der Waals surface area contributed by atoms with Gasteiger partial charge >= 0.3 is 11.8 Å². The largest absolute Gasteiger partial charge is 0.387 e. The zero-order valence-corrected chi connectivity index (χ0v) is 14.2. The van der Waals surface area contributed by atoms with Crippen molar-refractivity contribution in [2.24, 2.45) is 0 Å². The van der Waals surface area contributed by atoms with Crippen LogP contribution in [0.2, 0.25) is 5.02 Å². The minimum atomic E-state index is -0.990. The van der Waals surface area contributed by atoms with Crippen LogP contribution in [0.25, 0.3) is 0 Å². The zero-order valence-electron chi connectivity index (χ0n) is 13.5. The third-order valence-electron chi connectivity index (χ3n) is 3.78. The summed E-state index contributed by atoms with van der Waals surface area (Å²) >= 11 is 5.98. The standard InChI is InChI=1S/C18H19ClN2O3/c1-11-6-5-9-15(12(11)2)21-18(24)17(23)20-10-16(22)13-7-3-4-8-14(13)19/h3-9,16,22H,10H2,1-2H3,(H,20,23)(H,21,24)/t16-/m1/s1. The molecule has 0 bridgehead atoms. The summed E-state index contributed by atoms with van der Waals surface area (Å²) < 4.78 is 0. The molecule has 2 aromatic carbocycles. The van der Waals surface area contributed by atoms with Gasteiger partial charge < -0.3 is 15.7 Å². The van der Waals surface area contributed by atoms with Crippen molar-refractivity contribution in [3.05, 3.63) is 64.2 Å². The van der Waals surface area contributed by atoms with Crippen LogP contribution < -0.4 is 10.6 Å². The van der Waals surface area contributed by atoms with Gasteiger partial charge in [0.05, 0.1) is 6.10 Å². The van der Waals surface area contributed by atoms with Gasteiger partial charge in [0.1, 0.15) is 0 Å². The van der Waals surface area contributed by atoms with Gasteiger partial charge in [-0.3, -0.25) is 9.59 Å². The number of amides is 2. The van der Waals surface area contributed by atoms with Crippen LogP contribution >= 0.6 is 11.6 Å². The Kier molecular flexibility index (Phi) is 5.95. The molecular weight excluding hydrogens is 328 g/mol. The minimum Gasteiger partial charge on any atom is -0.387 e. The lowest BCUT2D eigenvalue weighted by atomic mass is 10.1. The van der Waals surface area contributed by atoms with E-state index in [1.807, 2.05) is 19.9 Å². The summed E-state index contributed by atoms with van der Waals surface area (Å²) in [6.45, 7) is 3.68. The molecule has 3 N–H and O–H groups in total. The Morgan fingerprint density at radius 3 is 2.50 bits per heavy atom. The molecule has 0 aliphatic carbocycles. The van der Waals surface area contributed by atoms with E-state index in [2.05, 4.69) is 10.6 Å². The number of anilines is 1. The number of hydrogen-bond acceptors (Lipinski definition) is 3. The molecule has 0 saturated heterocycles. The van der Waals surface area contributed by atoms with Gasteiger partial charge in [0.2, 0.25) is 0 Å². The molecular formula is C18H19ClN2O3. The van der Waals surface area contributed by atoms with Crippen LogP contribution in [0.1, 0.15) is 22.8 Å². The fraction of sp³-hybridized carbons (Fsp3) is 0.222. The molecule has 0 heterocycles. The second-order valence-electron chi connectivity index (χ2n) is 5.45. The maximum Gasteiger partial charge on any atom is 0.313 e. The minimum absolute atomic E-state index is 0.108. The summed E-state index contributed by atoms with van der Waals surface area (Å²) in [7, 11) is 0. The highest BCUT2D eigenvalue weighted by Crippen LogP contribution is 2.22. The summed E-state index contributed by atoms with van der Waals surface area (Å²) in [5, 5.41) is 15.4. The van der Waals surface area contributed by atoms with Crippen LogP contribution in [-0.4, -0.2) is 23.5 Å². The molecule has 0 aliphatic heterocycles. The van der Waals surface area contributed by atoms with Crippen molar-refractivity contribution in [1.29, 1.82) is 0 Å². The second-order valence-corrected chi connectivity index (χ2v) is 5.86. The Balaban J connectivity index is 1.94. The van der Waals surface area contributed by atoms with Crippen LogP contribution in [0.3, 0.4) is 0 Å². The molecule has 0 aliphatic rings. The summed E-state index contributed by atoms with van der Waals surface area (Å²) in [6, 6.07) is 12.2. The fourth-order valence-electron chi connectivity index (χ4n) is 2.19. The van der Waals surface area contributed by atoms with E-state index in [-0.39, 0.29) is 6.54 Å². The molecule has 0 aromatic heterocycles. The van der Waals surface area contributed by atoms with Gasteiger partial charge in [-0.2, -0.15) is 0 Å². The van der Waals surface area contributed by atoms with E-state index in [0.717, 1.165) is 11.1 Å². The van der Waals surface area contributed by atoms with E-state index in [9.17, 15) is 14.7 Å². The zero-order chi connectivity index (χ0) is 17.7. The highest BCUT2D eigenvalue weighted by molar-refractivity contribution is 6.39. The Bertz CT molecular complexity index is 762. The van der Waals surface area contributed by atoms with Crippen molar-refractivity contribution in [3.8, 4) is 0 Å². The lowest BCUT2D eigenvalue weighted by Crippen LogP contribution is -2.37. The predicted octanol–water partition coefficient (Wildman–Crippen LogP) is 2.75. The monoisotopic (exact) mass is 346 g/mol. The summed E-state index contributed by atoms with van der Waals surface area (Å²) in [6.07, 6.45) is -0.990. The Morgan fingerprint density at radius 1 is 1.08 bits per heavy atom. The number of rotatable bonds is 4. The molecule has 5 nitrogen and oxygen atoms in total. The third kappa shape index (κ3) is 4.34. The Morgan fingerprint density at radius 2 is 1.79 bits per heavy atom. The van der Waals surface area contributed by atoms with E-state index in [4.69, 9.17) is 11.6 Å². The summed E-state index contributed by atoms with van der Waals surface area (Å²) in [5.41, 5.74) is 2.99. The van der Waals surface area contributed by atoms with Crippen LogP contribution in [0.15, 0.2) is 42.5 Å². The third-order valence-corrected chi connectivity index (χ3v) is 4.12. The van der Waals surface area contributed by atoms with Crippen LogP contribution in [0, 0.1) is 13.8 Å². The first-order valence-corrected chi connectivity index (χ1v) is 7.86. The van der Waals surface area contributed by atoms with E-state index < -0.39 is 17.9 Å². The van der Waals surface area contributed by atoms with Gasteiger partial charge in [0.15, 0.2) is 0 Å². The number of carbonyl (C=O) groups excluding carboxylic acids is 2. The number of halogens is 1. The molecule has 1 atom stereocenters. The normalized spacial score (nSPS) is 11.7. The second kappa shape index (κ2) is 7.95.